The van der Waals surface area contributed by atoms with Crippen LogP contribution in [0.3, 0.4) is 0 Å². The molecule has 1 amide bonds. The Morgan fingerprint density at radius 3 is 2.53 bits per heavy atom. The van der Waals surface area contributed by atoms with Crippen molar-refractivity contribution in [3.8, 4) is 5.75 Å². The molecule has 0 aliphatic carbocycles. The molecule has 0 radical (unpaired) electrons. The molecule has 0 atom stereocenters. The fourth-order valence-corrected chi connectivity index (χ4v) is 2.04. The number of amides is 1. The van der Waals surface area contributed by atoms with E-state index in [2.05, 4.69) is 0 Å². The maximum atomic E-state index is 11.9. The number of likely N-dealkylation sites (tertiary alicyclic amines) is 1. The van der Waals surface area contributed by atoms with E-state index in [4.69, 9.17) is 10.5 Å². The number of benzene rings is 1. The molecule has 1 heterocycles. The number of hydrogen-bond acceptors (Lipinski definition) is 4. The molecular formula is C14H20N2O3. The number of nitrogens with two attached hydrogens (primary N) is 1. The van der Waals surface area contributed by atoms with Crippen LogP contribution in [0, 0.1) is 0 Å². The van der Waals surface area contributed by atoms with Crippen LogP contribution in [0.4, 0.5) is 5.69 Å². The van der Waals surface area contributed by atoms with Crippen molar-refractivity contribution >= 4 is 11.6 Å². The molecule has 0 bridgehead atoms. The van der Waals surface area contributed by atoms with Gasteiger partial charge in [-0.25, -0.2) is 0 Å². The van der Waals surface area contributed by atoms with Gasteiger partial charge in [0.15, 0.2) is 6.61 Å². The Kier molecular flexibility index (Phi) is 3.95. The van der Waals surface area contributed by atoms with Crippen LogP contribution in [0.5, 0.6) is 5.75 Å². The van der Waals surface area contributed by atoms with Gasteiger partial charge < -0.3 is 20.5 Å². The highest BCUT2D eigenvalue weighted by Gasteiger charge is 2.29. The molecule has 1 aliphatic rings. The number of carbonyl (C=O) groups excluding carboxylic acids is 1. The number of rotatable bonds is 3. The molecule has 1 saturated heterocycles. The van der Waals surface area contributed by atoms with Crippen LogP contribution in [-0.2, 0) is 4.79 Å². The summed E-state index contributed by atoms with van der Waals surface area (Å²) in [6.45, 7) is 2.99. The summed E-state index contributed by atoms with van der Waals surface area (Å²) < 4.78 is 5.42. The average molecular weight is 264 g/mol. The maximum Gasteiger partial charge on any atom is 0.260 e. The second kappa shape index (κ2) is 5.48. The molecule has 1 fully saturated rings. The minimum Gasteiger partial charge on any atom is -0.484 e. The number of nitrogen functional groups attached to an aromatic ring is 1. The fourth-order valence-electron chi connectivity index (χ4n) is 2.04. The summed E-state index contributed by atoms with van der Waals surface area (Å²) in [6.07, 6.45) is 1.22. The molecule has 5 heteroatoms. The zero-order chi connectivity index (χ0) is 13.9. The Morgan fingerprint density at radius 2 is 1.95 bits per heavy atom. The Bertz CT molecular complexity index is 433. The van der Waals surface area contributed by atoms with Gasteiger partial charge in [0.05, 0.1) is 5.60 Å². The number of aliphatic hydroxyl groups is 1. The lowest BCUT2D eigenvalue weighted by Crippen LogP contribution is -2.46. The highest BCUT2D eigenvalue weighted by atomic mass is 16.5. The van der Waals surface area contributed by atoms with Crippen molar-refractivity contribution < 1.29 is 14.6 Å². The predicted molar refractivity (Wildman–Crippen MR) is 72.8 cm³/mol. The van der Waals surface area contributed by atoms with Crippen molar-refractivity contribution in [1.82, 2.24) is 4.90 Å². The van der Waals surface area contributed by atoms with Crippen molar-refractivity contribution in [2.75, 3.05) is 25.4 Å². The summed E-state index contributed by atoms with van der Waals surface area (Å²) in [7, 11) is 0. The van der Waals surface area contributed by atoms with Crippen molar-refractivity contribution in [1.29, 1.82) is 0 Å². The zero-order valence-corrected chi connectivity index (χ0v) is 11.1. The van der Waals surface area contributed by atoms with Crippen molar-refractivity contribution in [3.05, 3.63) is 24.3 Å². The third kappa shape index (κ3) is 3.86. The van der Waals surface area contributed by atoms with Gasteiger partial charge in [0.25, 0.3) is 5.91 Å². The molecule has 19 heavy (non-hydrogen) atoms. The molecule has 0 spiro atoms. The molecular weight excluding hydrogens is 244 g/mol. The summed E-state index contributed by atoms with van der Waals surface area (Å²) in [5.74, 6) is 0.582. The van der Waals surface area contributed by atoms with Gasteiger partial charge in [-0.3, -0.25) is 4.79 Å². The monoisotopic (exact) mass is 264 g/mol. The van der Waals surface area contributed by atoms with E-state index < -0.39 is 5.60 Å². The highest BCUT2D eigenvalue weighted by Crippen LogP contribution is 2.21. The normalized spacial score (nSPS) is 18.1. The first-order valence-corrected chi connectivity index (χ1v) is 6.45. The molecule has 104 valence electrons. The lowest BCUT2D eigenvalue weighted by Gasteiger charge is -2.35. The largest absolute Gasteiger partial charge is 0.484 e. The third-order valence-corrected chi connectivity index (χ3v) is 3.44. The number of anilines is 1. The zero-order valence-electron chi connectivity index (χ0n) is 11.1. The number of nitrogens with zero attached hydrogens (tertiary/aromatic N) is 1. The second-order valence-corrected chi connectivity index (χ2v) is 5.24. The minimum absolute atomic E-state index is 0.0199. The Labute approximate surface area is 113 Å². The number of hydrogen-bond donors (Lipinski definition) is 2. The number of ether oxygens (including phenoxy) is 1. The summed E-state index contributed by atoms with van der Waals surface area (Å²) in [5.41, 5.74) is 5.59. The Hall–Kier alpha value is -1.75. The van der Waals surface area contributed by atoms with E-state index in [1.54, 1.807) is 36.1 Å². The van der Waals surface area contributed by atoms with Crippen molar-refractivity contribution in [3.63, 3.8) is 0 Å². The number of carbonyl (C=O) groups is 1. The standard InChI is InChI=1S/C14H20N2O3/c1-14(18)6-8-16(9-7-14)13(17)10-19-12-4-2-11(15)3-5-12/h2-5,18H,6-10,15H2,1H3. The Balaban J connectivity index is 1.80. The van der Waals surface area contributed by atoms with E-state index in [1.165, 1.54) is 0 Å². The highest BCUT2D eigenvalue weighted by molar-refractivity contribution is 5.77. The Morgan fingerprint density at radius 1 is 1.37 bits per heavy atom. The molecule has 0 saturated carbocycles. The molecule has 1 aromatic carbocycles. The molecule has 1 aromatic rings. The third-order valence-electron chi connectivity index (χ3n) is 3.44. The summed E-state index contributed by atoms with van der Waals surface area (Å²) in [4.78, 5) is 13.7. The maximum absolute atomic E-state index is 11.9. The van der Waals surface area contributed by atoms with E-state index in [9.17, 15) is 9.90 Å². The van der Waals surface area contributed by atoms with E-state index in [-0.39, 0.29) is 12.5 Å². The summed E-state index contributed by atoms with van der Waals surface area (Å²) in [6, 6.07) is 6.95. The van der Waals surface area contributed by atoms with Gasteiger partial charge in [-0.15, -0.1) is 0 Å². The van der Waals surface area contributed by atoms with Gasteiger partial charge in [-0.2, -0.15) is 0 Å². The average Bonchev–Trinajstić information content (AvgIpc) is 2.37. The topological polar surface area (TPSA) is 75.8 Å². The van der Waals surface area contributed by atoms with Gasteiger partial charge in [0.2, 0.25) is 0 Å². The van der Waals surface area contributed by atoms with E-state index in [0.717, 1.165) is 0 Å². The molecule has 1 aliphatic heterocycles. The van der Waals surface area contributed by atoms with Gasteiger partial charge in [-0.05, 0) is 44.0 Å². The van der Waals surface area contributed by atoms with Gasteiger partial charge in [-0.1, -0.05) is 0 Å². The van der Waals surface area contributed by atoms with Crippen molar-refractivity contribution in [2.45, 2.75) is 25.4 Å². The van der Waals surface area contributed by atoms with Crippen LogP contribution < -0.4 is 10.5 Å². The first-order valence-electron chi connectivity index (χ1n) is 6.45. The van der Waals surface area contributed by atoms with Crippen LogP contribution in [0.2, 0.25) is 0 Å². The molecule has 0 aromatic heterocycles. The second-order valence-electron chi connectivity index (χ2n) is 5.24. The fraction of sp³-hybridized carbons (Fsp3) is 0.500. The van der Waals surface area contributed by atoms with Gasteiger partial charge in [0, 0.05) is 18.8 Å². The lowest BCUT2D eigenvalue weighted by molar-refractivity contribution is -0.137. The summed E-state index contributed by atoms with van der Waals surface area (Å²) in [5, 5.41) is 9.83. The van der Waals surface area contributed by atoms with E-state index >= 15 is 0 Å². The van der Waals surface area contributed by atoms with Crippen molar-refractivity contribution in [2.24, 2.45) is 0 Å². The van der Waals surface area contributed by atoms with Crippen LogP contribution in [0.25, 0.3) is 0 Å². The van der Waals surface area contributed by atoms with E-state index in [1.807, 2.05) is 0 Å². The molecule has 0 unspecified atom stereocenters. The SMILES string of the molecule is CC1(O)CCN(C(=O)COc2ccc(N)cc2)CC1. The first-order chi connectivity index (χ1) is 8.96. The predicted octanol–water partition coefficient (Wildman–Crippen LogP) is 1.02. The molecule has 5 nitrogen and oxygen atoms in total. The lowest BCUT2D eigenvalue weighted by atomic mass is 9.94. The minimum atomic E-state index is -0.644. The summed E-state index contributed by atoms with van der Waals surface area (Å²) >= 11 is 0. The van der Waals surface area contributed by atoms with E-state index in [0.29, 0.717) is 37.4 Å². The van der Waals surface area contributed by atoms with Crippen LogP contribution in [0.15, 0.2) is 24.3 Å². The van der Waals surface area contributed by atoms with Gasteiger partial charge >= 0.3 is 0 Å². The quantitative estimate of drug-likeness (QED) is 0.799. The molecule has 3 N–H and O–H groups in total. The van der Waals surface area contributed by atoms with Crippen LogP contribution >= 0.6 is 0 Å². The smallest absolute Gasteiger partial charge is 0.260 e. The van der Waals surface area contributed by atoms with Gasteiger partial charge in [0.1, 0.15) is 5.75 Å². The first kappa shape index (κ1) is 13.7. The molecule has 2 rings (SSSR count). The van der Waals surface area contributed by atoms with Crippen LogP contribution in [-0.4, -0.2) is 41.2 Å². The number of piperidine rings is 1. The van der Waals surface area contributed by atoms with Crippen LogP contribution in [0.1, 0.15) is 19.8 Å².